The molecule has 0 aliphatic carbocycles. The maximum atomic E-state index is 13.2. The highest BCUT2D eigenvalue weighted by Gasteiger charge is 2.27. The number of halogens is 1. The zero-order valence-electron chi connectivity index (χ0n) is 16.6. The number of aromatic hydroxyl groups is 1. The molecule has 31 heavy (non-hydrogen) atoms. The Morgan fingerprint density at radius 1 is 1.10 bits per heavy atom. The molecule has 3 rings (SSSR count). The van der Waals surface area contributed by atoms with Crippen molar-refractivity contribution in [1.29, 1.82) is 0 Å². The molecule has 0 bridgehead atoms. The van der Waals surface area contributed by atoms with Crippen molar-refractivity contribution in [2.45, 2.75) is 11.8 Å². The van der Waals surface area contributed by atoms with Crippen LogP contribution in [0.2, 0.25) is 0 Å². The Balaban J connectivity index is 1.84. The van der Waals surface area contributed by atoms with Crippen LogP contribution in [0.15, 0.2) is 87.3 Å². The van der Waals surface area contributed by atoms with Gasteiger partial charge in [0.2, 0.25) is 0 Å². The number of aryl methyl sites for hydroxylation is 1. The third-order valence-corrected chi connectivity index (χ3v) is 6.57. The minimum Gasteiger partial charge on any atom is -0.507 e. The Morgan fingerprint density at radius 2 is 1.84 bits per heavy atom. The summed E-state index contributed by atoms with van der Waals surface area (Å²) in [4.78, 5) is 12.6. The number of phenols is 1. The summed E-state index contributed by atoms with van der Waals surface area (Å²) in [6.45, 7) is 1.37. The molecular formula is C22H20BrN3O4S. The van der Waals surface area contributed by atoms with E-state index in [-0.39, 0.29) is 10.6 Å². The highest BCUT2D eigenvalue weighted by Crippen LogP contribution is 2.24. The van der Waals surface area contributed by atoms with E-state index in [2.05, 4.69) is 26.5 Å². The van der Waals surface area contributed by atoms with Crippen LogP contribution in [-0.2, 0) is 14.8 Å². The number of carbonyl (C=O) groups excluding carboxylic acids is 1. The SMILES string of the molecule is Cc1cccc(N(CC(=O)N/N=C/c2cc(Br)ccc2O)S(=O)(=O)c2ccccc2)c1. The fourth-order valence-electron chi connectivity index (χ4n) is 2.79. The molecule has 7 nitrogen and oxygen atoms in total. The number of nitrogens with zero attached hydrogens (tertiary/aromatic N) is 2. The summed E-state index contributed by atoms with van der Waals surface area (Å²) >= 11 is 3.29. The van der Waals surface area contributed by atoms with E-state index in [4.69, 9.17) is 0 Å². The van der Waals surface area contributed by atoms with E-state index in [0.717, 1.165) is 14.3 Å². The average Bonchev–Trinajstić information content (AvgIpc) is 2.75. The molecule has 0 aliphatic rings. The van der Waals surface area contributed by atoms with Gasteiger partial charge in [0.15, 0.2) is 0 Å². The average molecular weight is 502 g/mol. The molecule has 0 heterocycles. The second-order valence-corrected chi connectivity index (χ2v) is 9.44. The van der Waals surface area contributed by atoms with E-state index in [1.807, 2.05) is 13.0 Å². The van der Waals surface area contributed by atoms with Crippen LogP contribution in [0.4, 0.5) is 5.69 Å². The monoisotopic (exact) mass is 501 g/mol. The van der Waals surface area contributed by atoms with Crippen LogP contribution < -0.4 is 9.73 Å². The molecule has 0 saturated carbocycles. The van der Waals surface area contributed by atoms with Gasteiger partial charge in [-0.15, -0.1) is 0 Å². The van der Waals surface area contributed by atoms with E-state index in [0.29, 0.717) is 11.3 Å². The van der Waals surface area contributed by atoms with Gasteiger partial charge in [0, 0.05) is 10.0 Å². The standard InChI is InChI=1S/C22H20BrN3O4S/c1-16-6-5-7-19(12-16)26(31(29,30)20-8-3-2-4-9-20)15-22(28)25-24-14-17-13-18(23)10-11-21(17)27/h2-14,27H,15H2,1H3,(H,25,28)/b24-14+. The van der Waals surface area contributed by atoms with Gasteiger partial charge in [-0.3, -0.25) is 9.10 Å². The zero-order chi connectivity index (χ0) is 22.4. The Hall–Kier alpha value is -3.17. The lowest BCUT2D eigenvalue weighted by atomic mass is 10.2. The summed E-state index contributed by atoms with van der Waals surface area (Å²) in [6.07, 6.45) is 1.28. The van der Waals surface area contributed by atoms with Crippen molar-refractivity contribution >= 4 is 43.8 Å². The number of anilines is 1. The lowest BCUT2D eigenvalue weighted by Crippen LogP contribution is -2.39. The van der Waals surface area contributed by atoms with Crippen molar-refractivity contribution in [3.05, 3.63) is 88.4 Å². The number of hydrogen-bond donors (Lipinski definition) is 2. The second-order valence-electron chi connectivity index (χ2n) is 6.66. The molecule has 0 spiro atoms. The fourth-order valence-corrected chi connectivity index (χ4v) is 4.60. The van der Waals surface area contributed by atoms with Gasteiger partial charge in [0.1, 0.15) is 12.3 Å². The Kier molecular flexibility index (Phi) is 7.09. The van der Waals surface area contributed by atoms with Crippen LogP contribution in [0.5, 0.6) is 5.75 Å². The van der Waals surface area contributed by atoms with Gasteiger partial charge in [0.05, 0.1) is 16.8 Å². The van der Waals surface area contributed by atoms with Gasteiger partial charge in [0.25, 0.3) is 15.9 Å². The second kappa shape index (κ2) is 9.76. The minimum atomic E-state index is -3.98. The predicted molar refractivity (Wildman–Crippen MR) is 124 cm³/mol. The van der Waals surface area contributed by atoms with Gasteiger partial charge < -0.3 is 5.11 Å². The summed E-state index contributed by atoms with van der Waals surface area (Å²) in [7, 11) is -3.98. The number of phenolic OH excluding ortho intramolecular Hbond substituents is 1. The molecule has 0 aliphatic heterocycles. The minimum absolute atomic E-state index is 0.00533. The van der Waals surface area contributed by atoms with Crippen molar-refractivity contribution in [2.24, 2.45) is 5.10 Å². The molecule has 3 aromatic rings. The van der Waals surface area contributed by atoms with Gasteiger partial charge in [-0.1, -0.05) is 46.3 Å². The van der Waals surface area contributed by atoms with E-state index < -0.39 is 22.5 Å². The van der Waals surface area contributed by atoms with E-state index in [9.17, 15) is 18.3 Å². The summed E-state index contributed by atoms with van der Waals surface area (Å²) in [5.74, 6) is -0.638. The number of benzene rings is 3. The van der Waals surface area contributed by atoms with Crippen LogP contribution in [0.1, 0.15) is 11.1 Å². The first-order valence-corrected chi connectivity index (χ1v) is 11.5. The van der Waals surface area contributed by atoms with Crippen molar-refractivity contribution in [3.8, 4) is 5.75 Å². The Morgan fingerprint density at radius 3 is 2.55 bits per heavy atom. The van der Waals surface area contributed by atoms with Crippen LogP contribution in [0.25, 0.3) is 0 Å². The summed E-state index contributed by atoms with van der Waals surface area (Å²) in [5, 5.41) is 13.7. The topological polar surface area (TPSA) is 99.1 Å². The molecule has 0 radical (unpaired) electrons. The highest BCUT2D eigenvalue weighted by atomic mass is 79.9. The van der Waals surface area contributed by atoms with Gasteiger partial charge >= 0.3 is 0 Å². The number of hydrazone groups is 1. The number of nitrogens with one attached hydrogen (secondary N) is 1. The highest BCUT2D eigenvalue weighted by molar-refractivity contribution is 9.10. The van der Waals surface area contributed by atoms with Crippen molar-refractivity contribution in [1.82, 2.24) is 5.43 Å². The smallest absolute Gasteiger partial charge is 0.264 e. The number of amides is 1. The number of sulfonamides is 1. The number of hydrogen-bond acceptors (Lipinski definition) is 5. The normalized spacial score (nSPS) is 11.4. The van der Waals surface area contributed by atoms with Crippen LogP contribution >= 0.6 is 15.9 Å². The van der Waals surface area contributed by atoms with Gasteiger partial charge in [-0.2, -0.15) is 5.10 Å². The zero-order valence-corrected chi connectivity index (χ0v) is 19.0. The van der Waals surface area contributed by atoms with Crippen LogP contribution in [-0.4, -0.2) is 32.2 Å². The molecule has 9 heteroatoms. The van der Waals surface area contributed by atoms with Crippen molar-refractivity contribution in [2.75, 3.05) is 10.8 Å². The Bertz CT molecular complexity index is 1210. The molecule has 0 saturated heterocycles. The first-order valence-electron chi connectivity index (χ1n) is 9.22. The predicted octanol–water partition coefficient (Wildman–Crippen LogP) is 3.81. The van der Waals surface area contributed by atoms with Crippen LogP contribution in [0.3, 0.4) is 0 Å². The fraction of sp³-hybridized carbons (Fsp3) is 0.0909. The molecule has 2 N–H and O–H groups in total. The lowest BCUT2D eigenvalue weighted by Gasteiger charge is -2.24. The van der Waals surface area contributed by atoms with Gasteiger partial charge in [-0.05, 0) is 55.0 Å². The lowest BCUT2D eigenvalue weighted by molar-refractivity contribution is -0.119. The molecule has 160 valence electrons. The van der Waals surface area contributed by atoms with E-state index in [1.165, 1.54) is 24.4 Å². The first-order chi connectivity index (χ1) is 14.8. The molecule has 1 amide bonds. The summed E-state index contributed by atoms with van der Waals surface area (Å²) in [6, 6.07) is 19.6. The largest absolute Gasteiger partial charge is 0.507 e. The number of carbonyl (C=O) groups is 1. The van der Waals surface area contributed by atoms with E-state index >= 15 is 0 Å². The first kappa shape index (κ1) is 22.5. The Labute approximate surface area is 189 Å². The third kappa shape index (κ3) is 5.71. The summed E-state index contributed by atoms with van der Waals surface area (Å²) < 4.78 is 28.2. The van der Waals surface area contributed by atoms with Crippen LogP contribution in [0, 0.1) is 6.92 Å². The number of rotatable bonds is 7. The molecule has 0 atom stereocenters. The molecule has 3 aromatic carbocycles. The maximum absolute atomic E-state index is 13.2. The summed E-state index contributed by atoms with van der Waals surface area (Å²) in [5.41, 5.74) is 3.93. The van der Waals surface area contributed by atoms with Crippen molar-refractivity contribution in [3.63, 3.8) is 0 Å². The maximum Gasteiger partial charge on any atom is 0.264 e. The third-order valence-electron chi connectivity index (χ3n) is 4.29. The molecule has 0 unspecified atom stereocenters. The van der Waals surface area contributed by atoms with Gasteiger partial charge in [-0.25, -0.2) is 13.8 Å². The molecular weight excluding hydrogens is 482 g/mol. The quantitative estimate of drug-likeness (QED) is 0.379. The molecule has 0 aromatic heterocycles. The van der Waals surface area contributed by atoms with E-state index in [1.54, 1.807) is 48.5 Å². The van der Waals surface area contributed by atoms with Crippen molar-refractivity contribution < 1.29 is 18.3 Å². The molecule has 0 fully saturated rings.